The molecule has 0 saturated carbocycles. The van der Waals surface area contributed by atoms with Crippen molar-refractivity contribution in [2.45, 2.75) is 20.8 Å². The third-order valence-corrected chi connectivity index (χ3v) is 7.27. The van der Waals surface area contributed by atoms with Gasteiger partial charge in [0.1, 0.15) is 9.88 Å². The van der Waals surface area contributed by atoms with E-state index in [1.807, 2.05) is 11.8 Å². The van der Waals surface area contributed by atoms with E-state index in [0.717, 1.165) is 21.8 Å². The van der Waals surface area contributed by atoms with Gasteiger partial charge in [0.25, 0.3) is 11.8 Å². The number of thiazole rings is 1. The molecule has 2 heterocycles. The van der Waals surface area contributed by atoms with E-state index < -0.39 is 0 Å². The van der Waals surface area contributed by atoms with Gasteiger partial charge in [-0.3, -0.25) is 9.59 Å². The maximum Gasteiger partial charge on any atom is 0.265 e. The number of carbonyl (C=O) groups is 2. The average Bonchev–Trinajstić information content (AvgIpc) is 3.23. The average molecular weight is 480 g/mol. The maximum absolute atomic E-state index is 13.3. The Morgan fingerprint density at radius 2 is 1.50 bits per heavy atom. The number of carbonyl (C=O) groups excluding carboxylic acids is 2. The van der Waals surface area contributed by atoms with E-state index in [2.05, 4.69) is 37.0 Å². The zero-order chi connectivity index (χ0) is 24.4. The number of methoxy groups -OCH3 is 2. The van der Waals surface area contributed by atoms with E-state index in [-0.39, 0.29) is 11.8 Å². The van der Waals surface area contributed by atoms with Crippen LogP contribution in [-0.2, 0) is 0 Å². The number of nitrogens with zero attached hydrogens (tertiary/aromatic N) is 3. The van der Waals surface area contributed by atoms with E-state index in [1.165, 1.54) is 16.9 Å². The van der Waals surface area contributed by atoms with E-state index >= 15 is 0 Å². The summed E-state index contributed by atoms with van der Waals surface area (Å²) in [6, 6.07) is 11.4. The van der Waals surface area contributed by atoms with Crippen LogP contribution in [0.1, 0.15) is 36.9 Å². The van der Waals surface area contributed by atoms with Gasteiger partial charge in [-0.2, -0.15) is 0 Å². The van der Waals surface area contributed by atoms with Gasteiger partial charge in [0.15, 0.2) is 11.5 Å². The summed E-state index contributed by atoms with van der Waals surface area (Å²) in [5, 5.41) is 0.862. The van der Waals surface area contributed by atoms with Crippen LogP contribution in [0.5, 0.6) is 11.5 Å². The van der Waals surface area contributed by atoms with Crippen molar-refractivity contribution < 1.29 is 19.1 Å². The molecule has 0 spiro atoms. The van der Waals surface area contributed by atoms with Gasteiger partial charge >= 0.3 is 0 Å². The molecule has 2 amide bonds. The first kappa shape index (κ1) is 23.8. The number of hydrogen-bond acceptors (Lipinski definition) is 6. The minimum absolute atomic E-state index is 0.0239. The molecule has 2 aromatic carbocycles. The fourth-order valence-corrected chi connectivity index (χ4v) is 5.30. The molecular weight excluding hydrogens is 450 g/mol. The van der Waals surface area contributed by atoms with Crippen LogP contribution in [0, 0.1) is 20.8 Å². The van der Waals surface area contributed by atoms with Crippen molar-refractivity contribution >= 4 is 23.2 Å². The molecule has 0 unspecified atom stereocenters. The SMILES string of the molecule is COc1ccc(C(=O)N2CCN(C(=O)c3sc(-c4ccc(C)cc4C)nc3C)CC2)cc1OC. The zero-order valence-corrected chi connectivity index (χ0v) is 21.0. The monoisotopic (exact) mass is 479 g/mol. The van der Waals surface area contributed by atoms with Crippen molar-refractivity contribution in [2.24, 2.45) is 0 Å². The summed E-state index contributed by atoms with van der Waals surface area (Å²) in [6.07, 6.45) is 0. The first-order valence-corrected chi connectivity index (χ1v) is 12.0. The van der Waals surface area contributed by atoms with Crippen LogP contribution in [0.15, 0.2) is 36.4 Å². The zero-order valence-electron chi connectivity index (χ0n) is 20.2. The lowest BCUT2D eigenvalue weighted by Crippen LogP contribution is -2.50. The molecule has 4 rings (SSSR count). The Morgan fingerprint density at radius 3 is 2.12 bits per heavy atom. The molecule has 0 radical (unpaired) electrons. The maximum atomic E-state index is 13.3. The van der Waals surface area contributed by atoms with Crippen LogP contribution in [0.3, 0.4) is 0 Å². The first-order chi connectivity index (χ1) is 16.3. The van der Waals surface area contributed by atoms with Crippen LogP contribution in [-0.4, -0.2) is 67.0 Å². The predicted molar refractivity (Wildman–Crippen MR) is 133 cm³/mol. The highest BCUT2D eigenvalue weighted by Crippen LogP contribution is 2.32. The van der Waals surface area contributed by atoms with Gasteiger partial charge < -0.3 is 19.3 Å². The summed E-state index contributed by atoms with van der Waals surface area (Å²) in [7, 11) is 3.11. The third-order valence-electron chi connectivity index (χ3n) is 6.09. The third kappa shape index (κ3) is 4.63. The van der Waals surface area contributed by atoms with E-state index in [1.54, 1.807) is 37.3 Å². The number of ether oxygens (including phenoxy) is 2. The van der Waals surface area contributed by atoms with Crippen molar-refractivity contribution in [3.05, 3.63) is 63.7 Å². The molecule has 1 aliphatic heterocycles. The van der Waals surface area contributed by atoms with Crippen LogP contribution >= 0.6 is 11.3 Å². The Labute approximate surface area is 203 Å². The first-order valence-electron chi connectivity index (χ1n) is 11.2. The van der Waals surface area contributed by atoms with Gasteiger partial charge in [0.2, 0.25) is 0 Å². The lowest BCUT2D eigenvalue weighted by Gasteiger charge is -2.34. The van der Waals surface area contributed by atoms with Crippen molar-refractivity contribution in [3.8, 4) is 22.1 Å². The Kier molecular flexibility index (Phi) is 6.88. The van der Waals surface area contributed by atoms with Gasteiger partial charge in [-0.05, 0) is 44.5 Å². The molecular formula is C26H29N3O4S. The molecule has 7 nitrogen and oxygen atoms in total. The molecule has 0 atom stereocenters. The number of aryl methyl sites for hydroxylation is 3. The van der Waals surface area contributed by atoms with Crippen molar-refractivity contribution in [2.75, 3.05) is 40.4 Å². The highest BCUT2D eigenvalue weighted by molar-refractivity contribution is 7.17. The molecule has 1 aromatic heterocycles. The van der Waals surface area contributed by atoms with E-state index in [4.69, 9.17) is 9.47 Å². The van der Waals surface area contributed by atoms with Gasteiger partial charge in [-0.15, -0.1) is 11.3 Å². The summed E-state index contributed by atoms with van der Waals surface area (Å²) in [5.74, 6) is 0.987. The molecule has 34 heavy (non-hydrogen) atoms. The molecule has 3 aromatic rings. The molecule has 1 aliphatic rings. The minimum atomic E-state index is -0.0841. The summed E-state index contributed by atoms with van der Waals surface area (Å²) < 4.78 is 10.6. The number of hydrogen-bond donors (Lipinski definition) is 0. The second kappa shape index (κ2) is 9.85. The van der Waals surface area contributed by atoms with Gasteiger partial charge in [0.05, 0.1) is 19.9 Å². The van der Waals surface area contributed by atoms with E-state index in [9.17, 15) is 9.59 Å². The molecule has 1 saturated heterocycles. The molecule has 8 heteroatoms. The molecule has 0 aliphatic carbocycles. The minimum Gasteiger partial charge on any atom is -0.493 e. The second-order valence-electron chi connectivity index (χ2n) is 8.41. The molecule has 178 valence electrons. The van der Waals surface area contributed by atoms with Gasteiger partial charge in [-0.25, -0.2) is 4.98 Å². The van der Waals surface area contributed by atoms with Gasteiger partial charge in [-0.1, -0.05) is 23.8 Å². The Balaban J connectivity index is 1.44. The van der Waals surface area contributed by atoms with Crippen LogP contribution in [0.4, 0.5) is 0 Å². The standard InChI is InChI=1S/C26H29N3O4S/c1-16-6-8-20(17(2)14-16)24-27-18(3)23(34-24)26(31)29-12-10-28(11-13-29)25(30)19-7-9-21(32-4)22(15-19)33-5/h6-9,14-15H,10-13H2,1-5H3. The number of aromatic nitrogens is 1. The summed E-state index contributed by atoms with van der Waals surface area (Å²) in [5.41, 5.74) is 4.69. The summed E-state index contributed by atoms with van der Waals surface area (Å²) in [4.78, 5) is 35.2. The summed E-state index contributed by atoms with van der Waals surface area (Å²) in [6.45, 7) is 7.92. The lowest BCUT2D eigenvalue weighted by molar-refractivity contribution is 0.0537. The Bertz CT molecular complexity index is 1230. The molecule has 0 bridgehead atoms. The number of rotatable bonds is 5. The quantitative estimate of drug-likeness (QED) is 0.544. The van der Waals surface area contributed by atoms with Crippen LogP contribution < -0.4 is 9.47 Å². The number of amides is 2. The van der Waals surface area contributed by atoms with Crippen molar-refractivity contribution in [3.63, 3.8) is 0 Å². The highest BCUT2D eigenvalue weighted by atomic mass is 32.1. The van der Waals surface area contributed by atoms with Crippen LogP contribution in [0.25, 0.3) is 10.6 Å². The fraction of sp³-hybridized carbons (Fsp3) is 0.346. The molecule has 1 fully saturated rings. The Morgan fingerprint density at radius 1 is 0.853 bits per heavy atom. The smallest absolute Gasteiger partial charge is 0.265 e. The number of piperazine rings is 1. The topological polar surface area (TPSA) is 72.0 Å². The fourth-order valence-electron chi connectivity index (χ4n) is 4.17. The normalized spacial score (nSPS) is 13.7. The summed E-state index contributed by atoms with van der Waals surface area (Å²) >= 11 is 1.44. The van der Waals surface area contributed by atoms with Crippen molar-refractivity contribution in [1.29, 1.82) is 0 Å². The Hall–Kier alpha value is -3.39. The second-order valence-corrected chi connectivity index (χ2v) is 9.41. The lowest BCUT2D eigenvalue weighted by atomic mass is 10.1. The van der Waals surface area contributed by atoms with Gasteiger partial charge in [0, 0.05) is 37.3 Å². The largest absolute Gasteiger partial charge is 0.493 e. The predicted octanol–water partition coefficient (Wildman–Crippen LogP) is 4.35. The molecule has 0 N–H and O–H groups in total. The van der Waals surface area contributed by atoms with E-state index in [0.29, 0.717) is 48.1 Å². The van der Waals surface area contributed by atoms with Crippen molar-refractivity contribution in [1.82, 2.24) is 14.8 Å². The highest BCUT2D eigenvalue weighted by Gasteiger charge is 2.28. The number of benzene rings is 2. The van der Waals surface area contributed by atoms with Crippen LogP contribution in [0.2, 0.25) is 0 Å².